The van der Waals surface area contributed by atoms with Crippen LogP contribution >= 0.6 is 0 Å². The minimum atomic E-state index is -2.78. The molecule has 0 saturated heterocycles. The van der Waals surface area contributed by atoms with E-state index in [4.69, 9.17) is 15.5 Å². The number of fused-ring (bicyclic) bond motifs is 1. The van der Waals surface area contributed by atoms with E-state index < -0.39 is 25.8 Å². The zero-order chi connectivity index (χ0) is 24.9. The molecule has 0 radical (unpaired) electrons. The van der Waals surface area contributed by atoms with Crippen LogP contribution < -0.4 is 10.5 Å². The first-order valence-corrected chi connectivity index (χ1v) is 12.6. The lowest BCUT2D eigenvalue weighted by molar-refractivity contribution is 0.367. The van der Waals surface area contributed by atoms with Gasteiger partial charge in [0.2, 0.25) is 0 Å². The summed E-state index contributed by atoms with van der Waals surface area (Å²) in [6.07, 6.45) is 3.83. The number of likely N-dealkylation sites (N-methyl/N-ethyl adjacent to an activating group) is 1. The molecule has 0 amide bonds. The van der Waals surface area contributed by atoms with Gasteiger partial charge in [0.1, 0.15) is 27.7 Å². The molecule has 7 nitrogen and oxygen atoms in total. The van der Waals surface area contributed by atoms with Crippen LogP contribution in [-0.4, -0.2) is 55.6 Å². The number of amidine groups is 1. The number of rotatable bonds is 4. The van der Waals surface area contributed by atoms with Gasteiger partial charge in [-0.3, -0.25) is 19.2 Å². The highest BCUT2D eigenvalue weighted by atomic mass is 32.2. The molecule has 180 valence electrons. The SMILES string of the molecule is C=S1(=O)N(C)C[C@@](C)(c2cc(Cc3nccc4cc(OC)cnc34)ccc2F)N=C(N)C1(C)C. The van der Waals surface area contributed by atoms with Gasteiger partial charge in [-0.05, 0) is 57.5 Å². The molecule has 2 atom stereocenters. The summed E-state index contributed by atoms with van der Waals surface area (Å²) in [6.45, 7) is 5.52. The molecule has 3 aromatic rings. The zero-order valence-corrected chi connectivity index (χ0v) is 20.9. The molecule has 1 aliphatic heterocycles. The number of benzene rings is 1. The molecule has 1 aliphatic rings. The van der Waals surface area contributed by atoms with Crippen molar-refractivity contribution in [2.75, 3.05) is 20.7 Å². The van der Waals surface area contributed by atoms with Gasteiger partial charge in [0.15, 0.2) is 0 Å². The molecule has 9 heteroatoms. The summed E-state index contributed by atoms with van der Waals surface area (Å²) in [6, 6.07) is 8.73. The minimum Gasteiger partial charge on any atom is -0.495 e. The summed E-state index contributed by atoms with van der Waals surface area (Å²) in [4.78, 5) is 13.7. The maximum absolute atomic E-state index is 15.2. The van der Waals surface area contributed by atoms with E-state index >= 15 is 4.39 Å². The molecular weight excluding hydrogens is 453 g/mol. The van der Waals surface area contributed by atoms with E-state index in [1.807, 2.05) is 12.1 Å². The summed E-state index contributed by atoms with van der Waals surface area (Å²) in [7, 11) is 0.531. The second kappa shape index (κ2) is 8.32. The first-order chi connectivity index (χ1) is 15.9. The number of aromatic nitrogens is 2. The van der Waals surface area contributed by atoms with Crippen LogP contribution in [0.4, 0.5) is 4.39 Å². The Labute approximate surface area is 200 Å². The number of nitrogens with two attached hydrogens (primary N) is 1. The van der Waals surface area contributed by atoms with Crippen molar-refractivity contribution in [1.82, 2.24) is 14.3 Å². The van der Waals surface area contributed by atoms with Crippen LogP contribution in [0, 0.1) is 5.82 Å². The molecule has 0 bridgehead atoms. The fraction of sp³-hybridized carbons (Fsp3) is 0.360. The quantitative estimate of drug-likeness (QED) is 0.575. The minimum absolute atomic E-state index is 0.193. The Bertz CT molecular complexity index is 1400. The number of hydrogen-bond donors (Lipinski definition) is 1. The number of pyridine rings is 2. The Balaban J connectivity index is 1.78. The lowest BCUT2D eigenvalue weighted by Crippen LogP contribution is -2.50. The van der Waals surface area contributed by atoms with Gasteiger partial charge in [-0.2, -0.15) is 0 Å². The third kappa shape index (κ3) is 3.92. The number of methoxy groups -OCH3 is 1. The average Bonchev–Trinajstić information content (AvgIpc) is 2.83. The molecule has 0 fully saturated rings. The number of aliphatic imine (C=N–C) groups is 1. The Morgan fingerprint density at radius 2 is 1.97 bits per heavy atom. The molecule has 3 heterocycles. The van der Waals surface area contributed by atoms with Gasteiger partial charge in [-0.25, -0.2) is 8.70 Å². The van der Waals surface area contributed by atoms with Crippen LogP contribution in [-0.2, 0) is 21.7 Å². The number of ether oxygens (including phenoxy) is 1. The first-order valence-electron chi connectivity index (χ1n) is 10.9. The maximum Gasteiger partial charge on any atom is 0.137 e. The lowest BCUT2D eigenvalue weighted by Gasteiger charge is -2.33. The van der Waals surface area contributed by atoms with Crippen LogP contribution in [0.5, 0.6) is 5.75 Å². The van der Waals surface area contributed by atoms with Gasteiger partial charge in [-0.1, -0.05) is 12.1 Å². The largest absolute Gasteiger partial charge is 0.495 e. The van der Waals surface area contributed by atoms with E-state index in [1.165, 1.54) is 6.07 Å². The van der Waals surface area contributed by atoms with Gasteiger partial charge in [0, 0.05) is 39.8 Å². The van der Waals surface area contributed by atoms with Crippen molar-refractivity contribution in [3.8, 4) is 5.75 Å². The van der Waals surface area contributed by atoms with Gasteiger partial charge in [-0.15, -0.1) is 0 Å². The third-order valence-electron chi connectivity index (χ3n) is 6.68. The number of nitrogens with zero attached hydrogens (tertiary/aromatic N) is 4. The molecule has 2 N–H and O–H groups in total. The Morgan fingerprint density at radius 3 is 2.68 bits per heavy atom. The first kappa shape index (κ1) is 24.1. The highest BCUT2D eigenvalue weighted by molar-refractivity contribution is 8.00. The monoisotopic (exact) mass is 483 g/mol. The van der Waals surface area contributed by atoms with Crippen molar-refractivity contribution in [2.45, 2.75) is 37.5 Å². The Kier molecular flexibility index (Phi) is 5.90. The summed E-state index contributed by atoms with van der Waals surface area (Å²) in [5.41, 5.74) is 8.02. The van der Waals surface area contributed by atoms with E-state index in [-0.39, 0.29) is 12.4 Å². The Hall–Kier alpha value is -3.04. The van der Waals surface area contributed by atoms with Crippen molar-refractivity contribution in [2.24, 2.45) is 10.7 Å². The number of halogens is 1. The van der Waals surface area contributed by atoms with Crippen LogP contribution in [0.1, 0.15) is 37.6 Å². The van der Waals surface area contributed by atoms with Gasteiger partial charge < -0.3 is 10.5 Å². The number of hydrogen-bond acceptors (Lipinski definition) is 6. The van der Waals surface area contributed by atoms with Gasteiger partial charge in [0.05, 0.1) is 24.5 Å². The molecule has 0 saturated carbocycles. The fourth-order valence-corrected chi connectivity index (χ4v) is 5.91. The average molecular weight is 484 g/mol. The second-order valence-electron chi connectivity index (χ2n) is 9.40. The standard InChI is InChI=1S/C25H30FN5O2S/c1-24(2)23(27)30-25(3,15-31(4)34(24,6)32)19-11-16(7-8-20(19)26)12-21-22-17(9-10-28-21)13-18(33-5)14-29-22/h7-11,13-14H,6,12,15H2,1-5H3,(H2,27,30)/t25-,34?/m0/s1. The van der Waals surface area contributed by atoms with Gasteiger partial charge in [0.25, 0.3) is 0 Å². The van der Waals surface area contributed by atoms with E-state index in [9.17, 15) is 4.21 Å². The van der Waals surface area contributed by atoms with E-state index in [0.717, 1.165) is 22.2 Å². The molecule has 0 spiro atoms. The zero-order valence-electron chi connectivity index (χ0n) is 20.1. The van der Waals surface area contributed by atoms with E-state index in [0.29, 0.717) is 17.7 Å². The normalized spacial score (nSPS) is 25.1. The molecule has 2 aromatic heterocycles. The van der Waals surface area contributed by atoms with Crippen LogP contribution in [0.25, 0.3) is 10.9 Å². The third-order valence-corrected chi connectivity index (χ3v) is 9.62. The van der Waals surface area contributed by atoms with Crippen LogP contribution in [0.15, 0.2) is 47.7 Å². The van der Waals surface area contributed by atoms with E-state index in [2.05, 4.69) is 15.8 Å². The lowest BCUT2D eigenvalue weighted by atomic mass is 9.89. The molecule has 1 aromatic carbocycles. The Morgan fingerprint density at radius 1 is 1.24 bits per heavy atom. The smallest absolute Gasteiger partial charge is 0.137 e. The predicted octanol–water partition coefficient (Wildman–Crippen LogP) is 3.30. The summed E-state index contributed by atoms with van der Waals surface area (Å²) in [5.74, 6) is 4.40. The van der Waals surface area contributed by atoms with Crippen LogP contribution in [0.2, 0.25) is 0 Å². The maximum atomic E-state index is 15.2. The van der Waals surface area contributed by atoms with Crippen LogP contribution in [0.3, 0.4) is 0 Å². The summed E-state index contributed by atoms with van der Waals surface area (Å²) in [5, 5.41) is 0.911. The topological polar surface area (TPSA) is 93.7 Å². The molecule has 1 unspecified atom stereocenters. The van der Waals surface area contributed by atoms with Crippen molar-refractivity contribution in [3.63, 3.8) is 0 Å². The van der Waals surface area contributed by atoms with Crippen molar-refractivity contribution < 1.29 is 13.3 Å². The summed E-state index contributed by atoms with van der Waals surface area (Å²) >= 11 is 0. The molecule has 0 aliphatic carbocycles. The molecule has 34 heavy (non-hydrogen) atoms. The van der Waals surface area contributed by atoms with Crippen molar-refractivity contribution >= 4 is 32.3 Å². The second-order valence-corrected chi connectivity index (χ2v) is 12.3. The highest BCUT2D eigenvalue weighted by Gasteiger charge is 2.44. The van der Waals surface area contributed by atoms with Crippen molar-refractivity contribution in [1.29, 1.82) is 0 Å². The predicted molar refractivity (Wildman–Crippen MR) is 136 cm³/mol. The fourth-order valence-electron chi connectivity index (χ4n) is 4.30. The summed E-state index contributed by atoms with van der Waals surface area (Å²) < 4.78 is 34.6. The molecule has 4 rings (SSSR count). The van der Waals surface area contributed by atoms with Crippen molar-refractivity contribution in [3.05, 3.63) is 65.4 Å². The van der Waals surface area contributed by atoms with E-state index in [1.54, 1.807) is 63.8 Å². The highest BCUT2D eigenvalue weighted by Crippen LogP contribution is 2.36. The molecular formula is C25H30FN5O2S. The van der Waals surface area contributed by atoms with Gasteiger partial charge >= 0.3 is 0 Å².